The van der Waals surface area contributed by atoms with Crippen LogP contribution in [0.5, 0.6) is 5.75 Å². The van der Waals surface area contributed by atoms with Crippen LogP contribution < -0.4 is 4.74 Å². The van der Waals surface area contributed by atoms with Crippen LogP contribution in [0.1, 0.15) is 44.9 Å². The van der Waals surface area contributed by atoms with Crippen molar-refractivity contribution in [1.82, 2.24) is 0 Å². The van der Waals surface area contributed by atoms with Crippen LogP contribution in [0.2, 0.25) is 5.02 Å². The standard InChI is InChI=1S/C15H21BrClNO3/c16-10-6-4-2-1-3-5-7-11-21-15-12-13(18(19)20)8-9-14(15)17/h8-9,12H,1-7,10-11H2. The third-order valence-electron chi connectivity index (χ3n) is 3.16. The number of ether oxygens (including phenoxy) is 1. The zero-order valence-electron chi connectivity index (χ0n) is 12.0. The van der Waals surface area contributed by atoms with Crippen molar-refractivity contribution in [1.29, 1.82) is 0 Å². The lowest BCUT2D eigenvalue weighted by molar-refractivity contribution is -0.384. The van der Waals surface area contributed by atoms with Gasteiger partial charge >= 0.3 is 0 Å². The molecule has 0 N–H and O–H groups in total. The number of alkyl halides is 1. The Kier molecular flexibility index (Phi) is 9.42. The van der Waals surface area contributed by atoms with Gasteiger partial charge in [-0.25, -0.2) is 0 Å². The van der Waals surface area contributed by atoms with Crippen LogP contribution in [0.4, 0.5) is 5.69 Å². The Hall–Kier alpha value is -0.810. The number of unbranched alkanes of at least 4 members (excludes halogenated alkanes) is 6. The van der Waals surface area contributed by atoms with Gasteiger partial charge in [0.1, 0.15) is 5.75 Å². The van der Waals surface area contributed by atoms with Crippen LogP contribution in [0.25, 0.3) is 0 Å². The molecule has 0 aromatic heterocycles. The van der Waals surface area contributed by atoms with E-state index >= 15 is 0 Å². The van der Waals surface area contributed by atoms with Gasteiger partial charge in [0.25, 0.3) is 5.69 Å². The van der Waals surface area contributed by atoms with E-state index in [1.165, 1.54) is 50.3 Å². The largest absolute Gasteiger partial charge is 0.492 e. The van der Waals surface area contributed by atoms with Crippen molar-refractivity contribution >= 4 is 33.2 Å². The molecule has 0 aliphatic heterocycles. The third kappa shape index (κ3) is 7.67. The molecule has 0 unspecified atom stereocenters. The summed E-state index contributed by atoms with van der Waals surface area (Å²) in [6, 6.07) is 4.25. The minimum atomic E-state index is -0.448. The molecule has 0 heterocycles. The summed E-state index contributed by atoms with van der Waals surface area (Å²) < 4.78 is 5.53. The maximum absolute atomic E-state index is 10.7. The molecule has 0 bridgehead atoms. The summed E-state index contributed by atoms with van der Waals surface area (Å²) in [5, 5.41) is 12.2. The first kappa shape index (κ1) is 18.2. The Morgan fingerprint density at radius 1 is 1.10 bits per heavy atom. The van der Waals surface area contributed by atoms with Crippen LogP contribution in [0.15, 0.2) is 18.2 Å². The van der Waals surface area contributed by atoms with Crippen molar-refractivity contribution < 1.29 is 9.66 Å². The lowest BCUT2D eigenvalue weighted by Gasteiger charge is -2.07. The number of non-ortho nitro benzene ring substituents is 1. The molecule has 0 amide bonds. The second kappa shape index (κ2) is 10.9. The number of hydrogen-bond donors (Lipinski definition) is 0. The maximum Gasteiger partial charge on any atom is 0.273 e. The highest BCUT2D eigenvalue weighted by Crippen LogP contribution is 2.29. The summed E-state index contributed by atoms with van der Waals surface area (Å²) in [5.41, 5.74) is 0.00110. The zero-order valence-corrected chi connectivity index (χ0v) is 14.4. The number of rotatable bonds is 11. The minimum Gasteiger partial charge on any atom is -0.492 e. The Morgan fingerprint density at radius 2 is 1.71 bits per heavy atom. The maximum atomic E-state index is 10.7. The summed E-state index contributed by atoms with van der Waals surface area (Å²) in [6.45, 7) is 0.544. The predicted molar refractivity (Wildman–Crippen MR) is 89.7 cm³/mol. The van der Waals surface area contributed by atoms with Crippen LogP contribution in [0, 0.1) is 10.1 Å². The Balaban J connectivity index is 2.18. The predicted octanol–water partition coefficient (Wildman–Crippen LogP) is 5.75. The monoisotopic (exact) mass is 377 g/mol. The summed E-state index contributed by atoms with van der Waals surface area (Å²) >= 11 is 9.39. The normalized spacial score (nSPS) is 10.6. The van der Waals surface area contributed by atoms with Crippen molar-refractivity contribution in [2.24, 2.45) is 0 Å². The summed E-state index contributed by atoms with van der Waals surface area (Å²) in [4.78, 5) is 10.2. The van der Waals surface area contributed by atoms with Gasteiger partial charge in [-0.05, 0) is 18.9 Å². The smallest absolute Gasteiger partial charge is 0.273 e. The number of hydrogen-bond acceptors (Lipinski definition) is 3. The second-order valence-electron chi connectivity index (χ2n) is 4.88. The van der Waals surface area contributed by atoms with Crippen molar-refractivity contribution in [3.63, 3.8) is 0 Å². The number of halogens is 2. The third-order valence-corrected chi connectivity index (χ3v) is 4.03. The first-order chi connectivity index (χ1) is 10.1. The molecule has 118 valence electrons. The molecule has 0 saturated heterocycles. The lowest BCUT2D eigenvalue weighted by Crippen LogP contribution is -1.99. The van der Waals surface area contributed by atoms with Crippen molar-refractivity contribution in [2.75, 3.05) is 11.9 Å². The Bertz CT molecular complexity index is 443. The molecule has 0 atom stereocenters. The molecular formula is C15H21BrClNO3. The lowest BCUT2D eigenvalue weighted by atomic mass is 10.1. The average Bonchev–Trinajstić information content (AvgIpc) is 2.47. The van der Waals surface area contributed by atoms with Crippen LogP contribution in [-0.2, 0) is 0 Å². The highest BCUT2D eigenvalue weighted by molar-refractivity contribution is 9.09. The second-order valence-corrected chi connectivity index (χ2v) is 6.08. The van der Waals surface area contributed by atoms with Crippen molar-refractivity contribution in [3.05, 3.63) is 33.3 Å². The molecule has 1 aromatic carbocycles. The van der Waals surface area contributed by atoms with E-state index < -0.39 is 4.92 Å². The number of nitro groups is 1. The van der Waals surface area contributed by atoms with E-state index in [0.29, 0.717) is 17.4 Å². The molecule has 6 heteroatoms. The number of nitrogens with zero attached hydrogens (tertiary/aromatic N) is 1. The molecule has 1 aromatic rings. The highest BCUT2D eigenvalue weighted by atomic mass is 79.9. The summed E-state index contributed by atoms with van der Waals surface area (Å²) in [5.74, 6) is 0.392. The van der Waals surface area contributed by atoms with E-state index in [2.05, 4.69) is 15.9 Å². The van der Waals surface area contributed by atoms with Crippen LogP contribution >= 0.6 is 27.5 Å². The van der Waals surface area contributed by atoms with Gasteiger partial charge < -0.3 is 4.74 Å². The Morgan fingerprint density at radius 3 is 2.33 bits per heavy atom. The molecule has 0 aliphatic carbocycles. The van der Waals surface area contributed by atoms with Crippen molar-refractivity contribution in [3.8, 4) is 5.75 Å². The molecule has 0 saturated carbocycles. The highest BCUT2D eigenvalue weighted by Gasteiger charge is 2.10. The average molecular weight is 379 g/mol. The fourth-order valence-corrected chi connectivity index (χ4v) is 2.55. The SMILES string of the molecule is O=[N+]([O-])c1ccc(Cl)c(OCCCCCCCCCBr)c1. The fourth-order valence-electron chi connectivity index (χ4n) is 1.98. The molecule has 21 heavy (non-hydrogen) atoms. The molecule has 0 aliphatic rings. The summed E-state index contributed by atoms with van der Waals surface area (Å²) in [7, 11) is 0. The van der Waals surface area contributed by atoms with Crippen LogP contribution in [0.3, 0.4) is 0 Å². The molecule has 0 fully saturated rings. The topological polar surface area (TPSA) is 52.4 Å². The van der Waals surface area contributed by atoms with E-state index in [4.69, 9.17) is 16.3 Å². The Labute approximate surface area is 139 Å². The zero-order chi connectivity index (χ0) is 15.5. The number of benzene rings is 1. The molecule has 1 rings (SSSR count). The van der Waals surface area contributed by atoms with Gasteiger partial charge in [-0.3, -0.25) is 10.1 Å². The molecule has 0 radical (unpaired) electrons. The van der Waals surface area contributed by atoms with Gasteiger partial charge in [-0.1, -0.05) is 59.6 Å². The number of nitro benzene ring substituents is 1. The van der Waals surface area contributed by atoms with E-state index in [1.807, 2.05) is 0 Å². The van der Waals surface area contributed by atoms with E-state index in [0.717, 1.165) is 18.2 Å². The van der Waals surface area contributed by atoms with Gasteiger partial charge in [0, 0.05) is 11.4 Å². The van der Waals surface area contributed by atoms with Gasteiger partial charge in [0.05, 0.1) is 22.6 Å². The van der Waals surface area contributed by atoms with Crippen molar-refractivity contribution in [2.45, 2.75) is 44.9 Å². The van der Waals surface area contributed by atoms with E-state index in [-0.39, 0.29) is 5.69 Å². The molecule has 0 spiro atoms. The first-order valence-corrected chi connectivity index (χ1v) is 8.78. The fraction of sp³-hybridized carbons (Fsp3) is 0.600. The minimum absolute atomic E-state index is 0.00110. The molecular weight excluding hydrogens is 358 g/mol. The van der Waals surface area contributed by atoms with Crippen LogP contribution in [-0.4, -0.2) is 16.9 Å². The summed E-state index contributed by atoms with van der Waals surface area (Å²) in [6.07, 6.45) is 8.32. The van der Waals surface area contributed by atoms with E-state index in [1.54, 1.807) is 0 Å². The first-order valence-electron chi connectivity index (χ1n) is 7.28. The van der Waals surface area contributed by atoms with Gasteiger partial charge in [0.2, 0.25) is 0 Å². The molecule has 4 nitrogen and oxygen atoms in total. The van der Waals surface area contributed by atoms with Gasteiger partial charge in [-0.2, -0.15) is 0 Å². The van der Waals surface area contributed by atoms with E-state index in [9.17, 15) is 10.1 Å². The quantitative estimate of drug-likeness (QED) is 0.213. The van der Waals surface area contributed by atoms with Gasteiger partial charge in [-0.15, -0.1) is 0 Å². The van der Waals surface area contributed by atoms with Gasteiger partial charge in [0.15, 0.2) is 0 Å².